The normalized spacial score (nSPS) is 16.1. The van der Waals surface area contributed by atoms with Gasteiger partial charge in [-0.2, -0.15) is 0 Å². The van der Waals surface area contributed by atoms with Crippen LogP contribution in [0.15, 0.2) is 23.6 Å². The van der Waals surface area contributed by atoms with Gasteiger partial charge in [0.05, 0.1) is 18.0 Å². The molecule has 1 aliphatic heterocycles. The van der Waals surface area contributed by atoms with Crippen LogP contribution in [-0.4, -0.2) is 30.5 Å². The van der Waals surface area contributed by atoms with E-state index in [9.17, 15) is 9.59 Å². The van der Waals surface area contributed by atoms with Crippen LogP contribution >= 0.6 is 11.3 Å². The zero-order chi connectivity index (χ0) is 17.8. The predicted molar refractivity (Wildman–Crippen MR) is 97.2 cm³/mol. The number of rotatable bonds is 6. The summed E-state index contributed by atoms with van der Waals surface area (Å²) in [5.41, 5.74) is 2.50. The van der Waals surface area contributed by atoms with Gasteiger partial charge < -0.3 is 15.4 Å². The molecule has 0 bridgehead atoms. The van der Waals surface area contributed by atoms with Crippen LogP contribution in [0.4, 0.5) is 5.69 Å². The molecule has 25 heavy (non-hydrogen) atoms. The maximum Gasteiger partial charge on any atom is 0.228 e. The molecule has 0 saturated carbocycles. The third-order valence-corrected chi connectivity index (χ3v) is 5.17. The number of carbonyl (C=O) groups is 2. The maximum absolute atomic E-state index is 12.6. The Morgan fingerprint density at radius 1 is 1.48 bits per heavy atom. The number of thiazole rings is 1. The summed E-state index contributed by atoms with van der Waals surface area (Å²) in [6, 6.07) is 5.36. The van der Waals surface area contributed by atoms with Crippen molar-refractivity contribution in [3.63, 3.8) is 0 Å². The van der Waals surface area contributed by atoms with Gasteiger partial charge in [0.15, 0.2) is 0 Å². The van der Waals surface area contributed by atoms with Crippen molar-refractivity contribution in [3.8, 4) is 5.75 Å². The van der Waals surface area contributed by atoms with Crippen molar-refractivity contribution in [1.82, 2.24) is 10.3 Å². The third kappa shape index (κ3) is 4.17. The van der Waals surface area contributed by atoms with Crippen molar-refractivity contribution in [2.45, 2.75) is 32.1 Å². The summed E-state index contributed by atoms with van der Waals surface area (Å²) in [6.45, 7) is 2.54. The number of carbonyl (C=O) groups excluding carboxylic acids is 2. The first-order valence-electron chi connectivity index (χ1n) is 8.23. The molecule has 0 radical (unpaired) electrons. The number of nitrogens with one attached hydrogen (secondary N) is 2. The predicted octanol–water partition coefficient (Wildman–Crippen LogP) is 2.63. The molecule has 7 heteroatoms. The number of benzene rings is 1. The van der Waals surface area contributed by atoms with Gasteiger partial charge in [-0.3, -0.25) is 9.59 Å². The van der Waals surface area contributed by atoms with E-state index in [4.69, 9.17) is 4.74 Å². The van der Waals surface area contributed by atoms with Gasteiger partial charge in [-0.05, 0) is 37.1 Å². The van der Waals surface area contributed by atoms with Crippen molar-refractivity contribution in [3.05, 3.63) is 39.8 Å². The van der Waals surface area contributed by atoms with Crippen LogP contribution in [0.2, 0.25) is 0 Å². The van der Waals surface area contributed by atoms with Crippen molar-refractivity contribution in [1.29, 1.82) is 0 Å². The van der Waals surface area contributed by atoms with Crippen LogP contribution in [0.3, 0.4) is 0 Å². The van der Waals surface area contributed by atoms with Crippen LogP contribution in [0, 0.1) is 6.92 Å². The molecular formula is C18H21N3O3S. The van der Waals surface area contributed by atoms with Crippen LogP contribution in [0.5, 0.6) is 5.75 Å². The van der Waals surface area contributed by atoms with Crippen LogP contribution < -0.4 is 15.4 Å². The standard InChI is InChI=1S/C18H21N3O3S/c1-11-10-25-17(20-11)4-3-7-19-18(23)14-9-16(22)21-15-6-5-12(24-2)8-13(14)15/h5-6,8,10,14H,3-4,7,9H2,1-2H3,(H,19,23)(H,21,22). The van der Waals surface area contributed by atoms with Crippen LogP contribution in [-0.2, 0) is 16.0 Å². The number of ether oxygens (including phenoxy) is 1. The van der Waals surface area contributed by atoms with Gasteiger partial charge >= 0.3 is 0 Å². The average molecular weight is 359 g/mol. The Balaban J connectivity index is 1.61. The lowest BCUT2D eigenvalue weighted by Crippen LogP contribution is -2.35. The fourth-order valence-corrected chi connectivity index (χ4v) is 3.71. The van der Waals surface area contributed by atoms with Crippen LogP contribution in [0.25, 0.3) is 0 Å². The van der Waals surface area contributed by atoms with Crippen LogP contribution in [0.1, 0.15) is 35.0 Å². The Morgan fingerprint density at radius 2 is 2.32 bits per heavy atom. The average Bonchev–Trinajstić information content (AvgIpc) is 3.02. The first-order valence-corrected chi connectivity index (χ1v) is 9.11. The molecule has 1 aromatic carbocycles. The second-order valence-corrected chi connectivity index (χ2v) is 6.98. The summed E-state index contributed by atoms with van der Waals surface area (Å²) in [4.78, 5) is 28.9. The van der Waals surface area contributed by atoms with Crippen molar-refractivity contribution >= 4 is 28.8 Å². The van der Waals surface area contributed by atoms with Gasteiger partial charge in [-0.15, -0.1) is 11.3 Å². The Labute approximate surface area is 150 Å². The van der Waals surface area contributed by atoms with Gasteiger partial charge in [0.2, 0.25) is 11.8 Å². The highest BCUT2D eigenvalue weighted by atomic mass is 32.1. The lowest BCUT2D eigenvalue weighted by molar-refractivity contribution is -0.126. The van der Waals surface area contributed by atoms with Crippen molar-refractivity contribution in [2.24, 2.45) is 0 Å². The molecule has 0 fully saturated rings. The smallest absolute Gasteiger partial charge is 0.228 e. The molecule has 1 atom stereocenters. The van der Waals surface area contributed by atoms with Crippen molar-refractivity contribution in [2.75, 3.05) is 19.0 Å². The van der Waals surface area contributed by atoms with E-state index in [1.807, 2.05) is 18.4 Å². The monoisotopic (exact) mass is 359 g/mol. The van der Waals surface area contributed by atoms with E-state index in [-0.39, 0.29) is 18.2 Å². The summed E-state index contributed by atoms with van der Waals surface area (Å²) >= 11 is 1.64. The zero-order valence-electron chi connectivity index (χ0n) is 14.3. The number of anilines is 1. The van der Waals surface area contributed by atoms with Gasteiger partial charge in [0, 0.05) is 36.1 Å². The first-order chi connectivity index (χ1) is 12.1. The molecular weight excluding hydrogens is 338 g/mol. The maximum atomic E-state index is 12.6. The fraction of sp³-hybridized carbons (Fsp3) is 0.389. The molecule has 6 nitrogen and oxygen atoms in total. The number of hydrogen-bond acceptors (Lipinski definition) is 5. The van der Waals surface area contributed by atoms with E-state index in [2.05, 4.69) is 15.6 Å². The van der Waals surface area contributed by atoms with E-state index in [0.717, 1.165) is 29.1 Å². The van der Waals surface area contributed by atoms with E-state index >= 15 is 0 Å². The number of methoxy groups -OCH3 is 1. The molecule has 1 aliphatic rings. The summed E-state index contributed by atoms with van der Waals surface area (Å²) in [6.07, 6.45) is 1.81. The van der Waals surface area contributed by atoms with Gasteiger partial charge in [-0.1, -0.05) is 0 Å². The topological polar surface area (TPSA) is 80.3 Å². The molecule has 2 heterocycles. The molecule has 132 valence electrons. The fourth-order valence-electron chi connectivity index (χ4n) is 2.89. The van der Waals surface area contributed by atoms with E-state index in [0.29, 0.717) is 18.0 Å². The highest BCUT2D eigenvalue weighted by Gasteiger charge is 2.30. The minimum Gasteiger partial charge on any atom is -0.497 e. The molecule has 2 amide bonds. The molecule has 3 rings (SSSR count). The summed E-state index contributed by atoms with van der Waals surface area (Å²) < 4.78 is 5.23. The lowest BCUT2D eigenvalue weighted by atomic mass is 9.89. The quantitative estimate of drug-likeness (QED) is 0.777. The third-order valence-electron chi connectivity index (χ3n) is 4.15. The van der Waals surface area contributed by atoms with E-state index in [1.165, 1.54) is 0 Å². The second kappa shape index (κ2) is 7.65. The number of hydrogen-bond donors (Lipinski definition) is 2. The van der Waals surface area contributed by atoms with E-state index < -0.39 is 5.92 Å². The summed E-state index contributed by atoms with van der Waals surface area (Å²) in [5, 5.41) is 8.86. The zero-order valence-corrected chi connectivity index (χ0v) is 15.1. The number of fused-ring (bicyclic) bond motifs is 1. The van der Waals surface area contributed by atoms with Gasteiger partial charge in [0.25, 0.3) is 0 Å². The van der Waals surface area contributed by atoms with E-state index in [1.54, 1.807) is 30.6 Å². The highest BCUT2D eigenvalue weighted by Crippen LogP contribution is 2.34. The number of aryl methyl sites for hydroxylation is 2. The highest BCUT2D eigenvalue weighted by molar-refractivity contribution is 7.09. The molecule has 2 aromatic rings. The van der Waals surface area contributed by atoms with Gasteiger partial charge in [-0.25, -0.2) is 4.98 Å². The SMILES string of the molecule is COc1ccc2c(c1)C(C(=O)NCCCc1nc(C)cs1)CC(=O)N2. The molecule has 2 N–H and O–H groups in total. The second-order valence-electron chi connectivity index (χ2n) is 6.04. The Hall–Kier alpha value is -2.41. The van der Waals surface area contributed by atoms with Crippen molar-refractivity contribution < 1.29 is 14.3 Å². The van der Waals surface area contributed by atoms with Gasteiger partial charge in [0.1, 0.15) is 5.75 Å². The largest absolute Gasteiger partial charge is 0.497 e. The number of amides is 2. The Bertz CT molecular complexity index is 788. The summed E-state index contributed by atoms with van der Waals surface area (Å²) in [5.74, 6) is -0.0801. The lowest BCUT2D eigenvalue weighted by Gasteiger charge is -2.25. The molecule has 1 unspecified atom stereocenters. The Morgan fingerprint density at radius 3 is 3.04 bits per heavy atom. The molecule has 1 aromatic heterocycles. The molecule has 0 spiro atoms. The minimum atomic E-state index is -0.485. The molecule has 0 aliphatic carbocycles. The first kappa shape index (κ1) is 17.4. The molecule has 0 saturated heterocycles. The minimum absolute atomic E-state index is 0.125. The Kier molecular flexibility index (Phi) is 5.33. The number of aromatic nitrogens is 1. The summed E-state index contributed by atoms with van der Waals surface area (Å²) in [7, 11) is 1.58. The number of nitrogens with zero attached hydrogens (tertiary/aromatic N) is 1.